The molecule has 1 rings (SSSR count). The molecule has 0 aliphatic carbocycles. The van der Waals surface area contributed by atoms with Crippen LogP contribution >= 0.6 is 0 Å². The van der Waals surface area contributed by atoms with E-state index in [0.717, 1.165) is 0 Å². The van der Waals surface area contributed by atoms with E-state index in [1.165, 1.54) is 6.92 Å². The van der Waals surface area contributed by atoms with E-state index < -0.39 is 17.9 Å². The maximum absolute atomic E-state index is 11.2. The Kier molecular flexibility index (Phi) is 3.65. The van der Waals surface area contributed by atoms with Gasteiger partial charge in [0.1, 0.15) is 6.04 Å². The zero-order valence-corrected chi connectivity index (χ0v) is 8.45. The van der Waals surface area contributed by atoms with Crippen molar-refractivity contribution in [1.82, 2.24) is 10.6 Å². The molecule has 6 heteroatoms. The van der Waals surface area contributed by atoms with Crippen LogP contribution in [0.3, 0.4) is 0 Å². The van der Waals surface area contributed by atoms with Gasteiger partial charge in [-0.1, -0.05) is 0 Å². The van der Waals surface area contributed by atoms with Gasteiger partial charge in [0.25, 0.3) is 0 Å². The number of nitrogens with one attached hydrogen (secondary N) is 2. The molecule has 0 spiro atoms. The van der Waals surface area contributed by atoms with E-state index >= 15 is 0 Å². The number of carbonyl (C=O) groups is 3. The minimum atomic E-state index is -1.11. The minimum Gasteiger partial charge on any atom is -0.480 e. The molecular formula is C9H14N2O4. The lowest BCUT2D eigenvalue weighted by Gasteiger charge is -2.15. The zero-order valence-electron chi connectivity index (χ0n) is 8.45. The van der Waals surface area contributed by atoms with E-state index in [1.807, 2.05) is 0 Å². The summed E-state index contributed by atoms with van der Waals surface area (Å²) in [5.74, 6) is -1.95. The molecule has 1 aliphatic heterocycles. The number of carbonyl (C=O) groups excluding carboxylic acids is 2. The summed E-state index contributed by atoms with van der Waals surface area (Å²) in [4.78, 5) is 32.7. The van der Waals surface area contributed by atoms with Gasteiger partial charge in [-0.15, -0.1) is 0 Å². The Morgan fingerprint density at radius 2 is 2.33 bits per heavy atom. The van der Waals surface area contributed by atoms with Gasteiger partial charge in [0.05, 0.1) is 0 Å². The number of carboxylic acid groups (broad SMARTS) is 1. The van der Waals surface area contributed by atoms with E-state index in [2.05, 4.69) is 10.6 Å². The van der Waals surface area contributed by atoms with Gasteiger partial charge in [0.15, 0.2) is 0 Å². The molecule has 6 nitrogen and oxygen atoms in total. The van der Waals surface area contributed by atoms with Crippen LogP contribution in [0.5, 0.6) is 0 Å². The maximum Gasteiger partial charge on any atom is 0.326 e. The summed E-state index contributed by atoms with van der Waals surface area (Å²) < 4.78 is 0. The first-order valence-corrected chi connectivity index (χ1v) is 4.78. The topological polar surface area (TPSA) is 95.5 Å². The lowest BCUT2D eigenvalue weighted by molar-refractivity contribution is -0.142. The molecule has 2 atom stereocenters. The molecule has 15 heavy (non-hydrogen) atoms. The van der Waals surface area contributed by atoms with Crippen molar-refractivity contribution in [2.24, 2.45) is 5.92 Å². The highest BCUT2D eigenvalue weighted by Gasteiger charge is 2.30. The van der Waals surface area contributed by atoms with Crippen molar-refractivity contribution in [2.45, 2.75) is 25.8 Å². The van der Waals surface area contributed by atoms with Crippen LogP contribution in [0.4, 0.5) is 0 Å². The van der Waals surface area contributed by atoms with Crippen molar-refractivity contribution in [1.29, 1.82) is 0 Å². The molecule has 0 aromatic heterocycles. The summed E-state index contributed by atoms with van der Waals surface area (Å²) in [6.45, 7) is 1.83. The number of carboxylic acids is 1. The normalized spacial score (nSPS) is 21.9. The Bertz CT molecular complexity index is 290. The van der Waals surface area contributed by atoms with Crippen molar-refractivity contribution in [3.05, 3.63) is 0 Å². The average molecular weight is 214 g/mol. The minimum absolute atomic E-state index is 0.133. The molecular weight excluding hydrogens is 200 g/mol. The number of hydrogen-bond acceptors (Lipinski definition) is 3. The Morgan fingerprint density at radius 1 is 1.67 bits per heavy atom. The first-order chi connectivity index (χ1) is 7.00. The molecule has 3 N–H and O–H groups in total. The Labute approximate surface area is 87.0 Å². The number of rotatable bonds is 4. The summed E-state index contributed by atoms with van der Waals surface area (Å²) in [5, 5.41) is 13.8. The summed E-state index contributed by atoms with van der Waals surface area (Å²) in [6.07, 6.45) is 0.781. The number of aliphatic carboxylic acids is 1. The van der Waals surface area contributed by atoms with E-state index in [0.29, 0.717) is 13.0 Å². The highest BCUT2D eigenvalue weighted by molar-refractivity contribution is 5.84. The van der Waals surface area contributed by atoms with Gasteiger partial charge in [0, 0.05) is 19.4 Å². The zero-order chi connectivity index (χ0) is 11.4. The molecule has 0 bridgehead atoms. The van der Waals surface area contributed by atoms with Gasteiger partial charge < -0.3 is 15.7 Å². The third kappa shape index (κ3) is 3.23. The van der Waals surface area contributed by atoms with Crippen LogP contribution in [0, 0.1) is 5.92 Å². The lowest BCUT2D eigenvalue weighted by Crippen LogP contribution is -2.41. The third-order valence-corrected chi connectivity index (χ3v) is 2.36. The second-order valence-electron chi connectivity index (χ2n) is 3.60. The van der Waals surface area contributed by atoms with E-state index in [-0.39, 0.29) is 18.2 Å². The molecule has 0 aromatic carbocycles. The summed E-state index contributed by atoms with van der Waals surface area (Å²) in [7, 11) is 0. The van der Waals surface area contributed by atoms with E-state index in [9.17, 15) is 14.4 Å². The predicted molar refractivity (Wildman–Crippen MR) is 51.0 cm³/mol. The van der Waals surface area contributed by atoms with Crippen molar-refractivity contribution in [3.8, 4) is 0 Å². The molecule has 0 radical (unpaired) electrons. The van der Waals surface area contributed by atoms with Crippen LogP contribution in [0.2, 0.25) is 0 Å². The molecule has 84 valence electrons. The smallest absolute Gasteiger partial charge is 0.326 e. The largest absolute Gasteiger partial charge is 0.480 e. The van der Waals surface area contributed by atoms with Crippen molar-refractivity contribution in [2.75, 3.05) is 6.54 Å². The van der Waals surface area contributed by atoms with E-state index in [4.69, 9.17) is 5.11 Å². The van der Waals surface area contributed by atoms with Crippen molar-refractivity contribution < 1.29 is 19.5 Å². The highest BCUT2D eigenvalue weighted by Crippen LogP contribution is 2.16. The standard InChI is InChI=1S/C9H14N2O4/c1-5(12)11-7(9(14)15)4-6-2-3-10-8(6)13/h6-7H,2-4H2,1H3,(H,10,13)(H,11,12)(H,14,15)/t6-,7-/m0/s1. The molecule has 0 unspecified atom stereocenters. The number of hydrogen-bond donors (Lipinski definition) is 3. The number of amides is 2. The quantitative estimate of drug-likeness (QED) is 0.565. The van der Waals surface area contributed by atoms with Crippen LogP contribution < -0.4 is 10.6 Å². The van der Waals surface area contributed by atoms with Gasteiger partial charge >= 0.3 is 5.97 Å². The van der Waals surface area contributed by atoms with Gasteiger partial charge in [-0.3, -0.25) is 9.59 Å². The Balaban J connectivity index is 2.54. The van der Waals surface area contributed by atoms with Crippen molar-refractivity contribution in [3.63, 3.8) is 0 Å². The average Bonchev–Trinajstić information content (AvgIpc) is 2.50. The fraction of sp³-hybridized carbons (Fsp3) is 0.667. The van der Waals surface area contributed by atoms with Crippen molar-refractivity contribution >= 4 is 17.8 Å². The maximum atomic E-state index is 11.2. The van der Waals surface area contributed by atoms with Crippen LogP contribution in [-0.2, 0) is 14.4 Å². The second-order valence-corrected chi connectivity index (χ2v) is 3.60. The SMILES string of the molecule is CC(=O)N[C@@H](C[C@@H]1CCNC1=O)C(=O)O. The first kappa shape index (κ1) is 11.5. The first-order valence-electron chi connectivity index (χ1n) is 4.78. The Morgan fingerprint density at radius 3 is 2.73 bits per heavy atom. The van der Waals surface area contributed by atoms with Crippen LogP contribution in [0.25, 0.3) is 0 Å². The van der Waals surface area contributed by atoms with E-state index in [1.54, 1.807) is 0 Å². The van der Waals surface area contributed by atoms with Crippen LogP contribution in [-0.4, -0.2) is 35.5 Å². The second kappa shape index (κ2) is 4.77. The summed E-state index contributed by atoms with van der Waals surface area (Å²) >= 11 is 0. The summed E-state index contributed by atoms with van der Waals surface area (Å²) in [5.41, 5.74) is 0. The van der Waals surface area contributed by atoms with Crippen LogP contribution in [0.1, 0.15) is 19.8 Å². The molecule has 1 aliphatic rings. The fourth-order valence-corrected chi connectivity index (χ4v) is 1.62. The van der Waals surface area contributed by atoms with Gasteiger partial charge in [-0.05, 0) is 12.8 Å². The third-order valence-electron chi connectivity index (χ3n) is 2.36. The molecule has 2 amide bonds. The van der Waals surface area contributed by atoms with Gasteiger partial charge in [-0.2, -0.15) is 0 Å². The molecule has 0 aromatic rings. The highest BCUT2D eigenvalue weighted by atomic mass is 16.4. The monoisotopic (exact) mass is 214 g/mol. The van der Waals surface area contributed by atoms with Crippen LogP contribution in [0.15, 0.2) is 0 Å². The summed E-state index contributed by atoms with van der Waals surface area (Å²) in [6, 6.07) is -0.976. The fourth-order valence-electron chi connectivity index (χ4n) is 1.62. The molecule has 1 saturated heterocycles. The predicted octanol–water partition coefficient (Wildman–Crippen LogP) is -0.898. The molecule has 1 heterocycles. The van der Waals surface area contributed by atoms with Gasteiger partial charge in [-0.25, -0.2) is 4.79 Å². The van der Waals surface area contributed by atoms with Gasteiger partial charge in [0.2, 0.25) is 11.8 Å². The Hall–Kier alpha value is -1.59. The molecule has 0 saturated carbocycles. The molecule has 1 fully saturated rings. The lowest BCUT2D eigenvalue weighted by atomic mass is 9.98.